The molecule has 1 saturated heterocycles. The van der Waals surface area contributed by atoms with Crippen LogP contribution in [-0.4, -0.2) is 72.7 Å². The van der Waals surface area contributed by atoms with Crippen molar-refractivity contribution in [2.45, 2.75) is 36.9 Å². The van der Waals surface area contributed by atoms with Crippen LogP contribution in [0.15, 0.2) is 40.4 Å². The molecule has 1 aromatic heterocycles. The van der Waals surface area contributed by atoms with Gasteiger partial charge in [-0.2, -0.15) is 4.31 Å². The fraction of sp³-hybridized carbons (Fsp3) is 0.429. The molecule has 1 unspecified atom stereocenters. The molecular formula is C21H26N4O6S2. The van der Waals surface area contributed by atoms with E-state index in [1.54, 1.807) is 12.1 Å². The van der Waals surface area contributed by atoms with E-state index in [0.29, 0.717) is 18.4 Å². The Kier molecular flexibility index (Phi) is 8.40. The lowest BCUT2D eigenvalue weighted by atomic mass is 10.3. The minimum atomic E-state index is -3.70. The molecule has 33 heavy (non-hydrogen) atoms. The summed E-state index contributed by atoms with van der Waals surface area (Å²) in [6.07, 6.45) is -1.07. The van der Waals surface area contributed by atoms with Gasteiger partial charge in [0.1, 0.15) is 0 Å². The number of aromatic nitrogens is 2. The Morgan fingerprint density at radius 1 is 1.18 bits per heavy atom. The third kappa shape index (κ3) is 6.97. The van der Waals surface area contributed by atoms with Crippen molar-refractivity contribution in [1.29, 1.82) is 0 Å². The number of nitrogens with zero attached hydrogens (tertiary/aromatic N) is 3. The van der Waals surface area contributed by atoms with Crippen LogP contribution in [0.1, 0.15) is 18.3 Å². The Balaban J connectivity index is 1.56. The standard InChI is InChI=1S/C21H26N4O6S2/c1-14-11-15(2)23-21(22-14)32-13-19(26)31-16(3)20(27)24-17-5-4-6-18(12-17)33(28,29)25-7-9-30-10-8-25/h4-6,11-12,16H,7-10,13H2,1-3H3,(H,24,27). The maximum absolute atomic E-state index is 12.8. The van der Waals surface area contributed by atoms with Crippen LogP contribution in [-0.2, 0) is 29.1 Å². The summed E-state index contributed by atoms with van der Waals surface area (Å²) in [5, 5.41) is 3.05. The van der Waals surface area contributed by atoms with Crippen molar-refractivity contribution < 1.29 is 27.5 Å². The van der Waals surface area contributed by atoms with Gasteiger partial charge in [0, 0.05) is 30.2 Å². The highest BCUT2D eigenvalue weighted by atomic mass is 32.2. The molecule has 1 aliphatic rings. The van der Waals surface area contributed by atoms with E-state index in [1.807, 2.05) is 19.9 Å². The average Bonchev–Trinajstić information content (AvgIpc) is 2.78. The largest absolute Gasteiger partial charge is 0.452 e. The molecular weight excluding hydrogens is 468 g/mol. The van der Waals surface area contributed by atoms with Crippen LogP contribution in [0.2, 0.25) is 0 Å². The minimum absolute atomic E-state index is 0.0478. The molecule has 0 aliphatic carbocycles. The molecule has 1 amide bonds. The molecule has 1 aromatic carbocycles. The third-order valence-electron chi connectivity index (χ3n) is 4.67. The van der Waals surface area contributed by atoms with E-state index < -0.39 is 28.0 Å². The summed E-state index contributed by atoms with van der Waals surface area (Å²) in [5.41, 5.74) is 1.88. The molecule has 12 heteroatoms. The summed E-state index contributed by atoms with van der Waals surface area (Å²) in [6.45, 7) is 6.35. The van der Waals surface area contributed by atoms with Gasteiger partial charge in [0.25, 0.3) is 5.91 Å². The second kappa shape index (κ2) is 11.1. The summed E-state index contributed by atoms with van der Waals surface area (Å²) in [6, 6.07) is 7.79. The highest BCUT2D eigenvalue weighted by Gasteiger charge is 2.27. The number of morpholine rings is 1. The van der Waals surface area contributed by atoms with Gasteiger partial charge in [-0.15, -0.1) is 0 Å². The van der Waals surface area contributed by atoms with E-state index >= 15 is 0 Å². The molecule has 10 nitrogen and oxygen atoms in total. The number of aryl methyl sites for hydroxylation is 2. The highest BCUT2D eigenvalue weighted by Crippen LogP contribution is 2.21. The first kappa shape index (κ1) is 25.1. The van der Waals surface area contributed by atoms with E-state index in [1.165, 1.54) is 23.4 Å². The van der Waals surface area contributed by atoms with Crippen LogP contribution in [0.3, 0.4) is 0 Å². The number of nitrogens with one attached hydrogen (secondary N) is 1. The van der Waals surface area contributed by atoms with Gasteiger partial charge in [0.05, 0.1) is 23.9 Å². The number of ether oxygens (including phenoxy) is 2. The lowest BCUT2D eigenvalue weighted by Crippen LogP contribution is -2.40. The molecule has 1 fully saturated rings. The molecule has 0 bridgehead atoms. The summed E-state index contributed by atoms with van der Waals surface area (Å²) in [4.78, 5) is 33.2. The quantitative estimate of drug-likeness (QED) is 0.332. The number of rotatable bonds is 8. The Morgan fingerprint density at radius 2 is 1.85 bits per heavy atom. The van der Waals surface area contributed by atoms with Gasteiger partial charge in [-0.05, 0) is 45.0 Å². The Morgan fingerprint density at radius 3 is 2.52 bits per heavy atom. The number of esters is 1. The fourth-order valence-corrected chi connectivity index (χ4v) is 5.27. The van der Waals surface area contributed by atoms with Gasteiger partial charge in [-0.25, -0.2) is 18.4 Å². The first-order chi connectivity index (χ1) is 15.6. The topological polar surface area (TPSA) is 128 Å². The number of hydrogen-bond acceptors (Lipinski definition) is 9. The molecule has 2 heterocycles. The Bertz CT molecular complexity index is 1100. The van der Waals surface area contributed by atoms with E-state index in [0.717, 1.165) is 23.1 Å². The van der Waals surface area contributed by atoms with E-state index in [4.69, 9.17) is 9.47 Å². The SMILES string of the molecule is Cc1cc(C)nc(SCC(=O)OC(C)C(=O)Nc2cccc(S(=O)(=O)N3CCOCC3)c2)n1. The Hall–Kier alpha value is -2.54. The lowest BCUT2D eigenvalue weighted by molar-refractivity contribution is -0.150. The summed E-state index contributed by atoms with van der Waals surface area (Å²) in [7, 11) is -3.70. The van der Waals surface area contributed by atoms with E-state index in [-0.39, 0.29) is 29.4 Å². The van der Waals surface area contributed by atoms with Crippen LogP contribution in [0.5, 0.6) is 0 Å². The molecule has 2 aromatic rings. The van der Waals surface area contributed by atoms with Gasteiger partial charge in [-0.3, -0.25) is 9.59 Å². The molecule has 1 atom stereocenters. The second-order valence-electron chi connectivity index (χ2n) is 7.39. The zero-order valence-corrected chi connectivity index (χ0v) is 20.2. The number of carbonyl (C=O) groups excluding carboxylic acids is 2. The van der Waals surface area contributed by atoms with Crippen molar-refractivity contribution >= 4 is 39.3 Å². The van der Waals surface area contributed by atoms with Gasteiger partial charge < -0.3 is 14.8 Å². The normalized spacial score (nSPS) is 15.6. The number of benzene rings is 1. The monoisotopic (exact) mass is 494 g/mol. The highest BCUT2D eigenvalue weighted by molar-refractivity contribution is 7.99. The molecule has 1 aliphatic heterocycles. The average molecular weight is 495 g/mol. The first-order valence-corrected chi connectivity index (χ1v) is 12.7. The van der Waals surface area contributed by atoms with Crippen LogP contribution in [0.4, 0.5) is 5.69 Å². The van der Waals surface area contributed by atoms with Crippen LogP contribution < -0.4 is 5.32 Å². The van der Waals surface area contributed by atoms with Crippen LogP contribution in [0.25, 0.3) is 0 Å². The predicted molar refractivity (Wildman–Crippen MR) is 122 cm³/mol. The zero-order chi connectivity index (χ0) is 24.0. The number of anilines is 1. The fourth-order valence-electron chi connectivity index (χ4n) is 3.08. The van der Waals surface area contributed by atoms with E-state index in [9.17, 15) is 18.0 Å². The van der Waals surface area contributed by atoms with Gasteiger partial charge >= 0.3 is 5.97 Å². The van der Waals surface area contributed by atoms with Crippen molar-refractivity contribution in [3.63, 3.8) is 0 Å². The van der Waals surface area contributed by atoms with Crippen LogP contribution in [0, 0.1) is 13.8 Å². The molecule has 0 radical (unpaired) electrons. The zero-order valence-electron chi connectivity index (χ0n) is 18.6. The van der Waals surface area contributed by atoms with Gasteiger partial charge in [0.2, 0.25) is 10.0 Å². The minimum Gasteiger partial charge on any atom is -0.452 e. The molecule has 1 N–H and O–H groups in total. The van der Waals surface area contributed by atoms with Crippen molar-refractivity contribution in [3.05, 3.63) is 41.7 Å². The number of amides is 1. The third-order valence-corrected chi connectivity index (χ3v) is 7.38. The maximum Gasteiger partial charge on any atom is 0.317 e. The summed E-state index contributed by atoms with van der Waals surface area (Å²) < 4.78 is 37.4. The van der Waals surface area contributed by atoms with Gasteiger partial charge in [-0.1, -0.05) is 17.8 Å². The molecule has 0 saturated carbocycles. The van der Waals surface area contributed by atoms with Crippen molar-refractivity contribution in [3.8, 4) is 0 Å². The number of hydrogen-bond donors (Lipinski definition) is 1. The molecule has 0 spiro atoms. The lowest BCUT2D eigenvalue weighted by Gasteiger charge is -2.26. The summed E-state index contributed by atoms with van der Waals surface area (Å²) >= 11 is 1.12. The van der Waals surface area contributed by atoms with E-state index in [2.05, 4.69) is 15.3 Å². The number of sulfonamides is 1. The van der Waals surface area contributed by atoms with Gasteiger partial charge in [0.15, 0.2) is 11.3 Å². The first-order valence-electron chi connectivity index (χ1n) is 10.3. The molecule has 178 valence electrons. The number of thioether (sulfide) groups is 1. The summed E-state index contributed by atoms with van der Waals surface area (Å²) in [5.74, 6) is -1.21. The molecule has 3 rings (SSSR count). The maximum atomic E-state index is 12.8. The van der Waals surface area contributed by atoms with Crippen LogP contribution >= 0.6 is 11.8 Å². The second-order valence-corrected chi connectivity index (χ2v) is 10.3. The number of carbonyl (C=O) groups is 2. The Labute approximate surface area is 197 Å². The van der Waals surface area contributed by atoms with Crippen molar-refractivity contribution in [2.24, 2.45) is 0 Å². The van der Waals surface area contributed by atoms with Crippen molar-refractivity contribution in [2.75, 3.05) is 37.4 Å². The van der Waals surface area contributed by atoms with Crippen molar-refractivity contribution in [1.82, 2.24) is 14.3 Å². The smallest absolute Gasteiger partial charge is 0.317 e. The predicted octanol–water partition coefficient (Wildman–Crippen LogP) is 1.78.